The molecule has 2 atom stereocenters. The summed E-state index contributed by atoms with van der Waals surface area (Å²) in [6.45, 7) is 0.767. The molecule has 0 saturated heterocycles. The van der Waals surface area contributed by atoms with Gasteiger partial charge in [-0.15, -0.1) is 0 Å². The van der Waals surface area contributed by atoms with Crippen molar-refractivity contribution in [1.82, 2.24) is 0 Å². The summed E-state index contributed by atoms with van der Waals surface area (Å²) in [5, 5.41) is 36.5. The third kappa shape index (κ3) is 7.99. The lowest BCUT2D eigenvalue weighted by Crippen LogP contribution is -2.23. The minimum Gasteiger partial charge on any atom is -0.487 e. The molecule has 0 saturated carbocycles. The molecular formula is C17H24O8. The van der Waals surface area contributed by atoms with Crippen molar-refractivity contribution < 1.29 is 39.4 Å². The maximum atomic E-state index is 11.4. The number of hydrogen-bond acceptors (Lipinski definition) is 8. The van der Waals surface area contributed by atoms with Crippen LogP contribution in [-0.4, -0.2) is 71.6 Å². The summed E-state index contributed by atoms with van der Waals surface area (Å²) in [6, 6.07) is 4.79. The van der Waals surface area contributed by atoms with Gasteiger partial charge >= 0.3 is 5.97 Å². The number of carbonyl (C=O) groups excluding carboxylic acids is 1. The van der Waals surface area contributed by atoms with E-state index in [0.717, 1.165) is 0 Å². The Morgan fingerprint density at radius 2 is 1.68 bits per heavy atom. The van der Waals surface area contributed by atoms with Gasteiger partial charge in [-0.25, -0.2) is 4.79 Å². The Bertz CT molecular complexity index is 558. The molecule has 0 bridgehead atoms. The number of aliphatic hydroxyl groups is 4. The van der Waals surface area contributed by atoms with Gasteiger partial charge in [-0.05, 0) is 30.7 Å². The SMILES string of the molecule is CCOC(=O)C=Cc1ccc(OCC(O)CO)c(OCC(O)CO)c1. The highest BCUT2D eigenvalue weighted by Crippen LogP contribution is 2.29. The summed E-state index contributed by atoms with van der Waals surface area (Å²) < 4.78 is 15.6. The molecular weight excluding hydrogens is 332 g/mol. The van der Waals surface area contributed by atoms with Gasteiger partial charge in [0, 0.05) is 6.08 Å². The van der Waals surface area contributed by atoms with Crippen LogP contribution in [0.3, 0.4) is 0 Å². The van der Waals surface area contributed by atoms with Crippen molar-refractivity contribution in [2.75, 3.05) is 33.0 Å². The Kier molecular flexibility index (Phi) is 9.56. The lowest BCUT2D eigenvalue weighted by molar-refractivity contribution is -0.137. The number of ether oxygens (including phenoxy) is 3. The van der Waals surface area contributed by atoms with Crippen LogP contribution in [0.25, 0.3) is 6.08 Å². The molecule has 0 aliphatic heterocycles. The Morgan fingerprint density at radius 1 is 1.08 bits per heavy atom. The van der Waals surface area contributed by atoms with Gasteiger partial charge in [0.15, 0.2) is 11.5 Å². The molecule has 0 aliphatic carbocycles. The van der Waals surface area contributed by atoms with Gasteiger partial charge in [0.05, 0.1) is 19.8 Å². The lowest BCUT2D eigenvalue weighted by Gasteiger charge is -2.16. The first-order chi connectivity index (χ1) is 12.0. The van der Waals surface area contributed by atoms with E-state index in [9.17, 15) is 15.0 Å². The Balaban J connectivity index is 2.89. The molecule has 0 fully saturated rings. The third-order valence-corrected chi connectivity index (χ3v) is 2.95. The number of rotatable bonds is 11. The largest absolute Gasteiger partial charge is 0.487 e. The van der Waals surface area contributed by atoms with E-state index in [-0.39, 0.29) is 31.3 Å². The molecule has 25 heavy (non-hydrogen) atoms. The minimum atomic E-state index is -1.06. The maximum absolute atomic E-state index is 11.4. The zero-order valence-corrected chi connectivity index (χ0v) is 14.0. The van der Waals surface area contributed by atoms with Gasteiger partial charge in [0.2, 0.25) is 0 Å². The first-order valence-corrected chi connectivity index (χ1v) is 7.82. The molecule has 1 aromatic rings. The molecule has 0 aliphatic rings. The van der Waals surface area contributed by atoms with Crippen molar-refractivity contribution >= 4 is 12.0 Å². The topological polar surface area (TPSA) is 126 Å². The Morgan fingerprint density at radius 3 is 2.24 bits per heavy atom. The molecule has 2 unspecified atom stereocenters. The molecule has 8 nitrogen and oxygen atoms in total. The third-order valence-electron chi connectivity index (χ3n) is 2.95. The lowest BCUT2D eigenvalue weighted by atomic mass is 10.2. The normalized spacial score (nSPS) is 13.5. The molecule has 140 valence electrons. The zero-order valence-electron chi connectivity index (χ0n) is 14.0. The highest BCUT2D eigenvalue weighted by molar-refractivity contribution is 5.87. The van der Waals surface area contributed by atoms with E-state index in [1.807, 2.05) is 0 Å². The standard InChI is InChI=1S/C17H24O8/c1-2-23-17(22)6-4-12-3-5-15(24-10-13(20)8-18)16(7-12)25-11-14(21)9-19/h3-7,13-14,18-21H,2,8-11H2,1H3. The van der Waals surface area contributed by atoms with Gasteiger partial charge in [-0.2, -0.15) is 0 Å². The summed E-state index contributed by atoms with van der Waals surface area (Å²) in [4.78, 5) is 11.4. The van der Waals surface area contributed by atoms with Crippen molar-refractivity contribution in [3.05, 3.63) is 29.8 Å². The van der Waals surface area contributed by atoms with E-state index in [1.165, 1.54) is 12.2 Å². The summed E-state index contributed by atoms with van der Waals surface area (Å²) in [7, 11) is 0. The van der Waals surface area contributed by atoms with Crippen LogP contribution in [0.1, 0.15) is 12.5 Å². The Labute approximate surface area is 145 Å². The monoisotopic (exact) mass is 356 g/mol. The van der Waals surface area contributed by atoms with Crippen LogP contribution in [-0.2, 0) is 9.53 Å². The van der Waals surface area contributed by atoms with Gasteiger partial charge in [-0.3, -0.25) is 0 Å². The molecule has 0 radical (unpaired) electrons. The first kappa shape index (κ1) is 20.9. The average Bonchev–Trinajstić information content (AvgIpc) is 2.63. The number of carbonyl (C=O) groups is 1. The van der Waals surface area contributed by atoms with Crippen LogP contribution in [0.15, 0.2) is 24.3 Å². The van der Waals surface area contributed by atoms with E-state index in [4.69, 9.17) is 24.4 Å². The smallest absolute Gasteiger partial charge is 0.330 e. The van der Waals surface area contributed by atoms with Gasteiger partial charge in [0.25, 0.3) is 0 Å². The van der Waals surface area contributed by atoms with Gasteiger partial charge in [-0.1, -0.05) is 6.07 Å². The van der Waals surface area contributed by atoms with Crippen LogP contribution in [0.4, 0.5) is 0 Å². The summed E-state index contributed by atoms with van der Waals surface area (Å²) in [5.41, 5.74) is 0.622. The molecule has 0 heterocycles. The van der Waals surface area contributed by atoms with Crippen molar-refractivity contribution in [1.29, 1.82) is 0 Å². The number of hydrogen-bond donors (Lipinski definition) is 4. The predicted molar refractivity (Wildman–Crippen MR) is 89.3 cm³/mol. The molecule has 1 aromatic carbocycles. The number of benzene rings is 1. The summed E-state index contributed by atoms with van der Waals surface area (Å²) >= 11 is 0. The fourth-order valence-corrected chi connectivity index (χ4v) is 1.69. The molecule has 0 spiro atoms. The van der Waals surface area contributed by atoms with Gasteiger partial charge in [0.1, 0.15) is 25.4 Å². The van der Waals surface area contributed by atoms with E-state index in [1.54, 1.807) is 25.1 Å². The molecule has 1 rings (SSSR count). The Hall–Kier alpha value is -2.13. The second-order valence-electron chi connectivity index (χ2n) is 5.09. The highest BCUT2D eigenvalue weighted by atomic mass is 16.5. The summed E-state index contributed by atoms with van der Waals surface area (Å²) in [6.07, 6.45) is 0.690. The second kappa shape index (κ2) is 11.4. The number of aliphatic hydroxyl groups excluding tert-OH is 4. The van der Waals surface area contributed by atoms with E-state index >= 15 is 0 Å². The van der Waals surface area contributed by atoms with Crippen LogP contribution >= 0.6 is 0 Å². The quantitative estimate of drug-likeness (QED) is 0.315. The van der Waals surface area contributed by atoms with Crippen molar-refractivity contribution in [3.8, 4) is 11.5 Å². The van der Waals surface area contributed by atoms with E-state index in [2.05, 4.69) is 0 Å². The summed E-state index contributed by atoms with van der Waals surface area (Å²) in [5.74, 6) is 0.0571. The highest BCUT2D eigenvalue weighted by Gasteiger charge is 2.11. The van der Waals surface area contributed by atoms with Gasteiger partial charge < -0.3 is 34.6 Å². The van der Waals surface area contributed by atoms with Crippen LogP contribution in [0.5, 0.6) is 11.5 Å². The van der Waals surface area contributed by atoms with Crippen molar-refractivity contribution in [2.24, 2.45) is 0 Å². The van der Waals surface area contributed by atoms with Crippen LogP contribution in [0.2, 0.25) is 0 Å². The van der Waals surface area contributed by atoms with E-state index in [0.29, 0.717) is 5.56 Å². The zero-order chi connectivity index (χ0) is 18.7. The number of esters is 1. The van der Waals surface area contributed by atoms with Crippen molar-refractivity contribution in [2.45, 2.75) is 19.1 Å². The first-order valence-electron chi connectivity index (χ1n) is 7.82. The maximum Gasteiger partial charge on any atom is 0.330 e. The molecule has 8 heteroatoms. The average molecular weight is 356 g/mol. The molecule has 0 aromatic heterocycles. The second-order valence-corrected chi connectivity index (χ2v) is 5.09. The van der Waals surface area contributed by atoms with Crippen LogP contribution in [0, 0.1) is 0 Å². The molecule has 0 amide bonds. The molecule has 4 N–H and O–H groups in total. The van der Waals surface area contributed by atoms with Crippen LogP contribution < -0.4 is 9.47 Å². The van der Waals surface area contributed by atoms with Crippen molar-refractivity contribution in [3.63, 3.8) is 0 Å². The van der Waals surface area contributed by atoms with E-state index < -0.39 is 31.4 Å². The fraction of sp³-hybridized carbons (Fsp3) is 0.471. The predicted octanol–water partition coefficient (Wildman–Crippen LogP) is -0.273. The fourth-order valence-electron chi connectivity index (χ4n) is 1.69. The minimum absolute atomic E-state index is 0.145.